The van der Waals surface area contributed by atoms with Crippen molar-refractivity contribution < 1.29 is 19.5 Å². The molecular weight excluding hydrogens is 348 g/mol. The second kappa shape index (κ2) is 7.61. The number of carboxylic acid groups (broad SMARTS) is 1. The second-order valence-corrected chi connectivity index (χ2v) is 6.73. The second-order valence-electron chi connectivity index (χ2n) is 6.73. The van der Waals surface area contributed by atoms with Crippen LogP contribution >= 0.6 is 0 Å². The Labute approximate surface area is 156 Å². The minimum Gasteiger partial charge on any atom is -0.481 e. The molecule has 1 aliphatic rings. The summed E-state index contributed by atoms with van der Waals surface area (Å²) in [5.41, 5.74) is 2.30. The summed E-state index contributed by atoms with van der Waals surface area (Å²) < 4.78 is 1.63. The van der Waals surface area contributed by atoms with Crippen LogP contribution in [0.2, 0.25) is 0 Å². The third kappa shape index (κ3) is 4.16. The zero-order valence-corrected chi connectivity index (χ0v) is 15.3. The first kappa shape index (κ1) is 18.6. The van der Waals surface area contributed by atoms with Crippen molar-refractivity contribution >= 4 is 23.5 Å². The van der Waals surface area contributed by atoms with Gasteiger partial charge >= 0.3 is 5.97 Å². The van der Waals surface area contributed by atoms with E-state index in [-0.39, 0.29) is 17.7 Å². The van der Waals surface area contributed by atoms with Gasteiger partial charge in [0.05, 0.1) is 5.92 Å². The lowest BCUT2D eigenvalue weighted by molar-refractivity contribution is -0.143. The number of likely N-dealkylation sites (tertiary alicyclic amines) is 1. The van der Waals surface area contributed by atoms with Crippen LogP contribution in [0.25, 0.3) is 0 Å². The van der Waals surface area contributed by atoms with Gasteiger partial charge in [0.1, 0.15) is 0 Å². The van der Waals surface area contributed by atoms with Crippen LogP contribution in [0.4, 0.5) is 5.69 Å². The smallest absolute Gasteiger partial charge is 0.306 e. The number of rotatable bonds is 4. The number of hydrogen-bond acceptors (Lipinski definition) is 4. The maximum Gasteiger partial charge on any atom is 0.306 e. The molecule has 0 bridgehead atoms. The minimum absolute atomic E-state index is 0.128. The van der Waals surface area contributed by atoms with Crippen LogP contribution in [0.5, 0.6) is 0 Å². The largest absolute Gasteiger partial charge is 0.481 e. The Bertz CT molecular complexity index is 845. The van der Waals surface area contributed by atoms with E-state index in [1.165, 1.54) is 0 Å². The Hall–Kier alpha value is -3.16. The molecular formula is C19H22N4O4. The molecule has 142 valence electrons. The molecule has 2 heterocycles. The van der Waals surface area contributed by atoms with Crippen molar-refractivity contribution in [1.29, 1.82) is 0 Å². The van der Waals surface area contributed by atoms with E-state index in [1.807, 2.05) is 6.92 Å². The minimum atomic E-state index is -0.801. The van der Waals surface area contributed by atoms with Crippen molar-refractivity contribution in [3.8, 4) is 0 Å². The lowest BCUT2D eigenvalue weighted by atomic mass is 9.96. The summed E-state index contributed by atoms with van der Waals surface area (Å²) in [6.45, 7) is 2.74. The molecule has 0 spiro atoms. The lowest BCUT2D eigenvalue weighted by Crippen LogP contribution is -2.40. The molecule has 0 saturated carbocycles. The highest BCUT2D eigenvalue weighted by atomic mass is 16.4. The lowest BCUT2D eigenvalue weighted by Gasteiger charge is -2.30. The van der Waals surface area contributed by atoms with E-state index < -0.39 is 5.97 Å². The van der Waals surface area contributed by atoms with E-state index in [9.17, 15) is 14.4 Å². The number of anilines is 1. The average molecular weight is 370 g/mol. The predicted molar refractivity (Wildman–Crippen MR) is 98.6 cm³/mol. The van der Waals surface area contributed by atoms with Crippen molar-refractivity contribution in [1.82, 2.24) is 14.7 Å². The molecule has 8 heteroatoms. The zero-order chi connectivity index (χ0) is 19.6. The summed E-state index contributed by atoms with van der Waals surface area (Å²) in [4.78, 5) is 37.4. The molecule has 3 rings (SSSR count). The molecule has 2 aromatic rings. The van der Waals surface area contributed by atoms with Crippen LogP contribution in [0.3, 0.4) is 0 Å². The Morgan fingerprint density at radius 2 is 1.78 bits per heavy atom. The van der Waals surface area contributed by atoms with Gasteiger partial charge in [-0.15, -0.1) is 0 Å². The molecule has 1 saturated heterocycles. The van der Waals surface area contributed by atoms with Gasteiger partial charge in [-0.3, -0.25) is 19.1 Å². The molecule has 2 N–H and O–H groups in total. The Kier molecular flexibility index (Phi) is 5.25. The summed E-state index contributed by atoms with van der Waals surface area (Å²) >= 11 is 0. The normalized spacial score (nSPS) is 14.8. The van der Waals surface area contributed by atoms with Crippen LogP contribution < -0.4 is 5.32 Å². The maximum atomic E-state index is 12.5. The number of amides is 2. The highest BCUT2D eigenvalue weighted by Crippen LogP contribution is 2.20. The standard InChI is InChI=1S/C19H22N4O4/c1-12-11-16(21-22(12)2)17(24)20-15-5-3-13(4-6-15)18(25)23-9-7-14(8-10-23)19(26)27/h3-6,11,14H,7-10H2,1-2H3,(H,20,24)(H,26,27). The van der Waals surface area contributed by atoms with E-state index in [2.05, 4.69) is 10.4 Å². The molecule has 0 unspecified atom stereocenters. The van der Waals surface area contributed by atoms with Gasteiger partial charge in [-0.05, 0) is 50.1 Å². The van der Waals surface area contributed by atoms with Gasteiger partial charge in [0.2, 0.25) is 0 Å². The van der Waals surface area contributed by atoms with Gasteiger partial charge in [-0.25, -0.2) is 0 Å². The van der Waals surface area contributed by atoms with Crippen LogP contribution in [0.1, 0.15) is 39.4 Å². The molecule has 2 amide bonds. The first-order valence-corrected chi connectivity index (χ1v) is 8.79. The number of nitrogens with zero attached hydrogens (tertiary/aromatic N) is 3. The predicted octanol–water partition coefficient (Wildman–Crippen LogP) is 1.92. The quantitative estimate of drug-likeness (QED) is 0.855. The summed E-state index contributed by atoms with van der Waals surface area (Å²) in [7, 11) is 1.77. The van der Waals surface area contributed by atoms with Crippen LogP contribution in [-0.4, -0.2) is 50.7 Å². The third-order valence-corrected chi connectivity index (χ3v) is 4.87. The van der Waals surface area contributed by atoms with E-state index >= 15 is 0 Å². The molecule has 0 atom stereocenters. The van der Waals surface area contributed by atoms with E-state index in [4.69, 9.17) is 5.11 Å². The summed E-state index contributed by atoms with van der Waals surface area (Å²) in [5, 5.41) is 15.9. The van der Waals surface area contributed by atoms with Gasteiger partial charge in [-0.2, -0.15) is 5.10 Å². The molecule has 27 heavy (non-hydrogen) atoms. The van der Waals surface area contributed by atoms with Gasteiger partial charge < -0.3 is 15.3 Å². The number of aromatic nitrogens is 2. The van der Waals surface area contributed by atoms with Gasteiger partial charge in [0.25, 0.3) is 11.8 Å². The topological polar surface area (TPSA) is 105 Å². The summed E-state index contributed by atoms with van der Waals surface area (Å²) in [6.07, 6.45) is 0.942. The van der Waals surface area contributed by atoms with Crippen LogP contribution in [0.15, 0.2) is 30.3 Å². The van der Waals surface area contributed by atoms with E-state index in [1.54, 1.807) is 47.0 Å². The molecule has 8 nitrogen and oxygen atoms in total. The SMILES string of the molecule is Cc1cc(C(=O)Nc2ccc(C(=O)N3CCC(C(=O)O)CC3)cc2)nn1C. The number of carbonyl (C=O) groups excluding carboxylic acids is 2. The average Bonchev–Trinajstić information content (AvgIpc) is 3.01. The molecule has 1 fully saturated rings. The monoisotopic (exact) mass is 370 g/mol. The molecule has 1 aromatic heterocycles. The highest BCUT2D eigenvalue weighted by molar-refractivity contribution is 6.03. The molecule has 1 aliphatic heterocycles. The van der Waals surface area contributed by atoms with Gasteiger partial charge in [0, 0.05) is 37.1 Å². The van der Waals surface area contributed by atoms with Crippen molar-refractivity contribution in [2.75, 3.05) is 18.4 Å². The van der Waals surface area contributed by atoms with Gasteiger partial charge in [0.15, 0.2) is 5.69 Å². The number of aryl methyl sites for hydroxylation is 2. The van der Waals surface area contributed by atoms with E-state index in [0.29, 0.717) is 42.9 Å². The fourth-order valence-electron chi connectivity index (χ4n) is 3.07. The number of aliphatic carboxylic acids is 1. The summed E-state index contributed by atoms with van der Waals surface area (Å²) in [5.74, 6) is -1.61. The number of nitrogens with one attached hydrogen (secondary N) is 1. The van der Waals surface area contributed by atoms with Gasteiger partial charge in [-0.1, -0.05) is 0 Å². The third-order valence-electron chi connectivity index (χ3n) is 4.87. The highest BCUT2D eigenvalue weighted by Gasteiger charge is 2.27. The van der Waals surface area contributed by atoms with Crippen molar-refractivity contribution in [3.63, 3.8) is 0 Å². The molecule has 0 radical (unpaired) electrons. The van der Waals surface area contributed by atoms with Crippen LogP contribution in [-0.2, 0) is 11.8 Å². The Morgan fingerprint density at radius 1 is 1.15 bits per heavy atom. The number of hydrogen-bond donors (Lipinski definition) is 2. The first-order valence-electron chi connectivity index (χ1n) is 8.79. The number of benzene rings is 1. The molecule has 1 aromatic carbocycles. The zero-order valence-electron chi connectivity index (χ0n) is 15.3. The van der Waals surface area contributed by atoms with Crippen molar-refractivity contribution in [2.24, 2.45) is 13.0 Å². The Morgan fingerprint density at radius 3 is 2.30 bits per heavy atom. The Balaban J connectivity index is 1.60. The fraction of sp³-hybridized carbons (Fsp3) is 0.368. The first-order chi connectivity index (χ1) is 12.8. The number of piperidine rings is 1. The van der Waals surface area contributed by atoms with Crippen molar-refractivity contribution in [3.05, 3.63) is 47.3 Å². The maximum absolute atomic E-state index is 12.5. The van der Waals surface area contributed by atoms with E-state index in [0.717, 1.165) is 5.69 Å². The summed E-state index contributed by atoms with van der Waals surface area (Å²) in [6, 6.07) is 8.36. The fourth-order valence-corrected chi connectivity index (χ4v) is 3.07. The van der Waals surface area contributed by atoms with Crippen LogP contribution in [0, 0.1) is 12.8 Å². The molecule has 0 aliphatic carbocycles. The van der Waals surface area contributed by atoms with Crippen molar-refractivity contribution in [2.45, 2.75) is 19.8 Å². The number of carboxylic acids is 1. The number of carbonyl (C=O) groups is 3.